The average molecular weight is 476 g/mol. The van der Waals surface area contributed by atoms with Crippen LogP contribution < -0.4 is 4.90 Å². The molecule has 0 N–H and O–H groups in total. The Hall–Kier alpha value is -2.66. The van der Waals surface area contributed by atoms with Gasteiger partial charge in [-0.15, -0.1) is 0 Å². The summed E-state index contributed by atoms with van der Waals surface area (Å²) in [5.41, 5.74) is 7.41. The van der Waals surface area contributed by atoms with E-state index in [1.807, 2.05) is 27.0 Å². The third-order valence-corrected chi connectivity index (χ3v) is 7.37. The van der Waals surface area contributed by atoms with E-state index in [4.69, 9.17) is 9.72 Å². The first-order valence-corrected chi connectivity index (χ1v) is 13.1. The van der Waals surface area contributed by atoms with E-state index in [0.717, 1.165) is 63.2 Å². The molecule has 2 aliphatic rings. The molecule has 1 aromatic heterocycles. The van der Waals surface area contributed by atoms with Crippen LogP contribution in [-0.4, -0.2) is 48.1 Å². The SMILES string of the molecule is Cc1ncc(C2=CCN(Cc3ccccc3)CC2)c(N2CCC(C)(C)CC2)c1CC(=O)OC(C)C. The molecule has 0 aliphatic carbocycles. The summed E-state index contributed by atoms with van der Waals surface area (Å²) in [6.45, 7) is 15.5. The molecule has 0 atom stereocenters. The summed E-state index contributed by atoms with van der Waals surface area (Å²) < 4.78 is 5.53. The Morgan fingerprint density at radius 1 is 1.11 bits per heavy atom. The molecule has 1 aromatic carbocycles. The van der Waals surface area contributed by atoms with E-state index in [-0.39, 0.29) is 18.5 Å². The van der Waals surface area contributed by atoms with E-state index in [2.05, 4.69) is 60.1 Å². The number of carbonyl (C=O) groups excluding carboxylic acids is 1. The molecule has 1 saturated heterocycles. The number of hydrogen-bond acceptors (Lipinski definition) is 5. The molecular weight excluding hydrogens is 434 g/mol. The van der Waals surface area contributed by atoms with Crippen LogP contribution in [0.3, 0.4) is 0 Å². The Morgan fingerprint density at radius 2 is 1.83 bits per heavy atom. The monoisotopic (exact) mass is 475 g/mol. The van der Waals surface area contributed by atoms with Crippen molar-refractivity contribution in [3.63, 3.8) is 0 Å². The van der Waals surface area contributed by atoms with Crippen molar-refractivity contribution in [3.8, 4) is 0 Å². The van der Waals surface area contributed by atoms with Crippen LogP contribution in [0.25, 0.3) is 5.57 Å². The lowest BCUT2D eigenvalue weighted by Crippen LogP contribution is -2.39. The van der Waals surface area contributed by atoms with Gasteiger partial charge in [-0.1, -0.05) is 50.3 Å². The van der Waals surface area contributed by atoms with Crippen LogP contribution in [0.1, 0.15) is 69.3 Å². The van der Waals surface area contributed by atoms with Crippen molar-refractivity contribution >= 4 is 17.2 Å². The molecule has 0 spiro atoms. The van der Waals surface area contributed by atoms with E-state index < -0.39 is 0 Å². The maximum Gasteiger partial charge on any atom is 0.310 e. The predicted molar refractivity (Wildman–Crippen MR) is 143 cm³/mol. The zero-order valence-corrected chi connectivity index (χ0v) is 22.1. The van der Waals surface area contributed by atoms with Crippen molar-refractivity contribution in [2.45, 2.75) is 73.0 Å². The van der Waals surface area contributed by atoms with Gasteiger partial charge in [0.05, 0.1) is 18.2 Å². The number of rotatable bonds is 7. The minimum absolute atomic E-state index is 0.116. The summed E-state index contributed by atoms with van der Waals surface area (Å²) in [7, 11) is 0. The zero-order chi connectivity index (χ0) is 25.0. The number of esters is 1. The minimum atomic E-state index is -0.174. The number of hydrogen-bond donors (Lipinski definition) is 0. The third-order valence-electron chi connectivity index (χ3n) is 7.37. The number of pyridine rings is 1. The average Bonchev–Trinajstić information content (AvgIpc) is 2.81. The fourth-order valence-corrected chi connectivity index (χ4v) is 5.17. The number of aryl methyl sites for hydroxylation is 1. The van der Waals surface area contributed by atoms with Gasteiger partial charge >= 0.3 is 5.97 Å². The molecule has 2 aromatic rings. The third kappa shape index (κ3) is 6.52. The molecule has 35 heavy (non-hydrogen) atoms. The van der Waals surface area contributed by atoms with Gasteiger partial charge in [-0.3, -0.25) is 14.7 Å². The number of benzene rings is 1. The minimum Gasteiger partial charge on any atom is -0.463 e. The van der Waals surface area contributed by atoms with E-state index in [0.29, 0.717) is 5.41 Å². The molecule has 3 heterocycles. The number of piperidine rings is 1. The van der Waals surface area contributed by atoms with Gasteiger partial charge in [0.25, 0.3) is 0 Å². The Bertz CT molecular complexity index is 1050. The van der Waals surface area contributed by atoms with Crippen LogP contribution in [0.4, 0.5) is 5.69 Å². The second-order valence-electron chi connectivity index (χ2n) is 11.2. The lowest BCUT2D eigenvalue weighted by Gasteiger charge is -2.40. The molecule has 5 heteroatoms. The molecule has 0 radical (unpaired) electrons. The molecule has 0 unspecified atom stereocenters. The molecule has 0 saturated carbocycles. The van der Waals surface area contributed by atoms with Crippen LogP contribution in [0.5, 0.6) is 0 Å². The van der Waals surface area contributed by atoms with E-state index in [9.17, 15) is 4.79 Å². The summed E-state index contributed by atoms with van der Waals surface area (Å²) in [6, 6.07) is 10.7. The highest BCUT2D eigenvalue weighted by molar-refractivity contribution is 5.83. The number of nitrogens with zero attached hydrogens (tertiary/aromatic N) is 3. The highest BCUT2D eigenvalue weighted by Crippen LogP contribution is 2.39. The van der Waals surface area contributed by atoms with Crippen molar-refractivity contribution in [3.05, 3.63) is 65.0 Å². The fourth-order valence-electron chi connectivity index (χ4n) is 5.17. The molecule has 1 fully saturated rings. The largest absolute Gasteiger partial charge is 0.463 e. The number of carbonyl (C=O) groups is 1. The molecule has 0 bridgehead atoms. The fraction of sp³-hybridized carbons (Fsp3) is 0.533. The summed E-state index contributed by atoms with van der Waals surface area (Å²) >= 11 is 0. The maximum absolute atomic E-state index is 12.7. The second-order valence-corrected chi connectivity index (χ2v) is 11.2. The van der Waals surface area contributed by atoms with Gasteiger partial charge in [0, 0.05) is 55.7 Å². The van der Waals surface area contributed by atoms with Crippen LogP contribution in [0.15, 0.2) is 42.6 Å². The molecule has 188 valence electrons. The van der Waals surface area contributed by atoms with Crippen LogP contribution in [-0.2, 0) is 22.5 Å². The van der Waals surface area contributed by atoms with E-state index in [1.165, 1.54) is 22.4 Å². The van der Waals surface area contributed by atoms with Crippen molar-refractivity contribution < 1.29 is 9.53 Å². The van der Waals surface area contributed by atoms with Gasteiger partial charge < -0.3 is 9.64 Å². The van der Waals surface area contributed by atoms with Crippen molar-refractivity contribution in [1.29, 1.82) is 0 Å². The van der Waals surface area contributed by atoms with Crippen molar-refractivity contribution in [1.82, 2.24) is 9.88 Å². The molecule has 4 rings (SSSR count). The summed E-state index contributed by atoms with van der Waals surface area (Å²) in [5.74, 6) is -0.174. The first-order valence-electron chi connectivity index (χ1n) is 13.1. The summed E-state index contributed by atoms with van der Waals surface area (Å²) in [4.78, 5) is 22.5. The molecule has 0 amide bonds. The van der Waals surface area contributed by atoms with Crippen LogP contribution in [0, 0.1) is 12.3 Å². The van der Waals surface area contributed by atoms with Gasteiger partial charge in [0.1, 0.15) is 0 Å². The summed E-state index contributed by atoms with van der Waals surface area (Å²) in [6.07, 6.45) is 7.84. The number of aromatic nitrogens is 1. The Kier molecular flexibility index (Phi) is 7.95. The Morgan fingerprint density at radius 3 is 2.46 bits per heavy atom. The van der Waals surface area contributed by atoms with Crippen molar-refractivity contribution in [2.24, 2.45) is 5.41 Å². The molecular formula is C30H41N3O2. The smallest absolute Gasteiger partial charge is 0.310 e. The Labute approximate surface area is 211 Å². The second kappa shape index (κ2) is 10.9. The topological polar surface area (TPSA) is 45.7 Å². The van der Waals surface area contributed by atoms with Crippen molar-refractivity contribution in [2.75, 3.05) is 31.1 Å². The number of ether oxygens (including phenoxy) is 1. The highest BCUT2D eigenvalue weighted by atomic mass is 16.5. The summed E-state index contributed by atoms with van der Waals surface area (Å²) in [5, 5.41) is 0. The predicted octanol–water partition coefficient (Wildman–Crippen LogP) is 5.80. The Balaban J connectivity index is 1.63. The van der Waals surface area contributed by atoms with Crippen LogP contribution in [0.2, 0.25) is 0 Å². The zero-order valence-electron chi connectivity index (χ0n) is 22.1. The highest BCUT2D eigenvalue weighted by Gasteiger charge is 2.30. The quantitative estimate of drug-likeness (QED) is 0.474. The van der Waals surface area contributed by atoms with Gasteiger partial charge in [0.15, 0.2) is 0 Å². The molecule has 2 aliphatic heterocycles. The lowest BCUT2D eigenvalue weighted by molar-refractivity contribution is -0.146. The first kappa shape index (κ1) is 25.4. The van der Waals surface area contributed by atoms with Gasteiger partial charge in [-0.05, 0) is 56.6 Å². The van der Waals surface area contributed by atoms with Crippen LogP contribution >= 0.6 is 0 Å². The standard InChI is InChI=1S/C30H41N3O2/c1-22(2)35-28(34)19-26-23(3)31-20-27(29(26)33-17-13-30(4,5)14-18-33)25-11-15-32(16-12-25)21-24-9-7-6-8-10-24/h6-11,20,22H,12-19,21H2,1-5H3. The van der Waals surface area contributed by atoms with Gasteiger partial charge in [-0.25, -0.2) is 0 Å². The van der Waals surface area contributed by atoms with E-state index in [1.54, 1.807) is 0 Å². The van der Waals surface area contributed by atoms with E-state index >= 15 is 0 Å². The van der Waals surface area contributed by atoms with Gasteiger partial charge in [0.2, 0.25) is 0 Å². The van der Waals surface area contributed by atoms with Gasteiger partial charge in [-0.2, -0.15) is 0 Å². The normalized spacial score (nSPS) is 18.5. The lowest BCUT2D eigenvalue weighted by atomic mass is 9.82. The number of anilines is 1. The first-order chi connectivity index (χ1) is 16.7. The molecule has 5 nitrogen and oxygen atoms in total. The maximum atomic E-state index is 12.7.